The number of aldehydes is 1. The summed E-state index contributed by atoms with van der Waals surface area (Å²) >= 11 is 6.25. The maximum Gasteiger partial charge on any atom is 0.164 e. The minimum absolute atomic E-state index is 0.0106. The van der Waals surface area contributed by atoms with Crippen LogP contribution in [0.25, 0.3) is 21.9 Å². The van der Waals surface area contributed by atoms with E-state index < -0.39 is 0 Å². The fraction of sp³-hybridized carbons (Fsp3) is 0.424. The van der Waals surface area contributed by atoms with Crippen molar-refractivity contribution in [1.82, 2.24) is 19.5 Å². The highest BCUT2D eigenvalue weighted by atomic mass is 35.5. The summed E-state index contributed by atoms with van der Waals surface area (Å²) < 4.78 is 2.05. The largest absolute Gasteiger partial charge is 0.348 e. The van der Waals surface area contributed by atoms with Gasteiger partial charge in [-0.1, -0.05) is 70.1 Å². The van der Waals surface area contributed by atoms with Crippen molar-refractivity contribution < 1.29 is 4.79 Å². The minimum Gasteiger partial charge on any atom is -0.348 e. The van der Waals surface area contributed by atoms with Crippen molar-refractivity contribution in [2.45, 2.75) is 53.5 Å². The Bertz CT molecular complexity index is 1670. The fourth-order valence-corrected chi connectivity index (χ4v) is 8.01. The van der Waals surface area contributed by atoms with Gasteiger partial charge < -0.3 is 14.3 Å². The maximum absolute atomic E-state index is 12.8. The number of anilines is 1. The number of hydrogen-bond acceptors (Lipinski definition) is 6. The number of benzene rings is 2. The Labute approximate surface area is 246 Å². The van der Waals surface area contributed by atoms with Crippen LogP contribution in [-0.4, -0.2) is 32.9 Å². The van der Waals surface area contributed by atoms with Crippen molar-refractivity contribution in [1.29, 1.82) is 5.26 Å². The van der Waals surface area contributed by atoms with Crippen LogP contribution in [-0.2, 0) is 11.3 Å². The number of imidazole rings is 1. The second kappa shape index (κ2) is 10.9. The van der Waals surface area contributed by atoms with Gasteiger partial charge in [0.1, 0.15) is 18.1 Å². The molecule has 4 aromatic rings. The molecular weight excluding hydrogens is 532 g/mol. The van der Waals surface area contributed by atoms with E-state index in [1.54, 1.807) is 6.33 Å². The molecule has 0 unspecified atom stereocenters. The highest BCUT2D eigenvalue weighted by Crippen LogP contribution is 2.72. The molecule has 5 atom stereocenters. The van der Waals surface area contributed by atoms with E-state index in [0.717, 1.165) is 47.1 Å². The molecule has 2 bridgehead atoms. The molecule has 2 aliphatic carbocycles. The van der Waals surface area contributed by atoms with Gasteiger partial charge in [-0.05, 0) is 48.1 Å². The molecule has 0 spiro atoms. The number of fused-ring (bicyclic) bond motifs is 4. The Hall–Kier alpha value is -3.76. The lowest BCUT2D eigenvalue weighted by Crippen LogP contribution is -2.43. The van der Waals surface area contributed by atoms with Crippen LogP contribution < -0.4 is 4.90 Å². The van der Waals surface area contributed by atoms with Gasteiger partial charge >= 0.3 is 0 Å². The number of nitriles is 1. The zero-order valence-corrected chi connectivity index (χ0v) is 25.2. The number of aromatic nitrogens is 4. The SMILES string of the molecule is C=C([C@H]1[C@@H](C=O)[C@@]2(C)C[C@]1(CCn1cnc3c(Cl)ncnc31)C[C@@H]2C)N(C)c1ccc(C#N)c2ccccc12.CC. The smallest absolute Gasteiger partial charge is 0.164 e. The van der Waals surface area contributed by atoms with Gasteiger partial charge in [0.05, 0.1) is 18.0 Å². The van der Waals surface area contributed by atoms with E-state index in [4.69, 9.17) is 11.6 Å². The number of rotatable bonds is 7. The minimum atomic E-state index is -0.128. The van der Waals surface area contributed by atoms with Crippen molar-refractivity contribution in [3.63, 3.8) is 0 Å². The first-order valence-electron chi connectivity index (χ1n) is 14.3. The van der Waals surface area contributed by atoms with Gasteiger partial charge in [0, 0.05) is 47.6 Å². The van der Waals surface area contributed by atoms with Gasteiger partial charge in [-0.3, -0.25) is 0 Å². The average Bonchev–Trinajstić information content (AvgIpc) is 3.61. The van der Waals surface area contributed by atoms with E-state index in [1.165, 1.54) is 12.6 Å². The molecule has 2 fully saturated rings. The Kier molecular flexibility index (Phi) is 7.65. The predicted molar refractivity (Wildman–Crippen MR) is 164 cm³/mol. The number of hydrogen-bond donors (Lipinski definition) is 0. The van der Waals surface area contributed by atoms with Crippen LogP contribution >= 0.6 is 11.6 Å². The van der Waals surface area contributed by atoms with Crippen molar-refractivity contribution >= 4 is 45.5 Å². The molecule has 0 aliphatic heterocycles. The lowest BCUT2D eigenvalue weighted by atomic mass is 9.61. The summed E-state index contributed by atoms with van der Waals surface area (Å²) in [5.41, 5.74) is 3.72. The quantitative estimate of drug-likeness (QED) is 0.170. The maximum atomic E-state index is 12.8. The Morgan fingerprint density at radius 2 is 1.95 bits per heavy atom. The van der Waals surface area contributed by atoms with E-state index in [0.29, 0.717) is 28.7 Å². The van der Waals surface area contributed by atoms with E-state index >= 15 is 0 Å². The lowest BCUT2D eigenvalue weighted by molar-refractivity contribution is -0.117. The third-order valence-corrected chi connectivity index (χ3v) is 10.2. The Morgan fingerprint density at radius 1 is 1.22 bits per heavy atom. The molecule has 2 aromatic carbocycles. The molecule has 0 radical (unpaired) electrons. The molecule has 7 nitrogen and oxygen atoms in total. The van der Waals surface area contributed by atoms with Crippen molar-refractivity contribution in [3.05, 3.63) is 72.0 Å². The van der Waals surface area contributed by atoms with Crippen LogP contribution in [0.15, 0.2) is 61.3 Å². The number of aryl methyl sites for hydroxylation is 1. The van der Waals surface area contributed by atoms with Gasteiger partial charge in [0.25, 0.3) is 0 Å². The molecule has 8 heteroatoms. The monoisotopic (exact) mass is 568 g/mol. The molecule has 212 valence electrons. The molecule has 2 aromatic heterocycles. The first-order chi connectivity index (χ1) is 19.7. The molecule has 2 heterocycles. The number of halogens is 1. The van der Waals surface area contributed by atoms with Crippen LogP contribution in [0.2, 0.25) is 5.15 Å². The second-order valence-electron chi connectivity index (χ2n) is 11.7. The van der Waals surface area contributed by atoms with E-state index in [-0.39, 0.29) is 22.7 Å². The van der Waals surface area contributed by atoms with Gasteiger partial charge in [-0.15, -0.1) is 0 Å². The van der Waals surface area contributed by atoms with Crippen LogP contribution in [0.1, 0.15) is 52.5 Å². The number of allylic oxidation sites excluding steroid dienone is 1. The third-order valence-electron chi connectivity index (χ3n) is 9.88. The number of carbonyl (C=O) groups is 1. The van der Waals surface area contributed by atoms with E-state index in [1.807, 2.05) is 61.9 Å². The number of nitrogens with zero attached hydrogens (tertiary/aromatic N) is 6. The summed E-state index contributed by atoms with van der Waals surface area (Å²) in [6, 6.07) is 14.1. The third kappa shape index (κ3) is 4.40. The molecular formula is C33H37ClN6O. The Balaban J connectivity index is 0.00000165. The molecule has 2 aliphatic rings. The normalized spacial score (nSPS) is 26.4. The average molecular weight is 569 g/mol. The summed E-state index contributed by atoms with van der Waals surface area (Å²) in [6.45, 7) is 13.9. The van der Waals surface area contributed by atoms with Gasteiger partial charge in [0.2, 0.25) is 0 Å². The van der Waals surface area contributed by atoms with Crippen LogP contribution in [0.5, 0.6) is 0 Å². The van der Waals surface area contributed by atoms with Gasteiger partial charge in [0.15, 0.2) is 10.8 Å². The highest BCUT2D eigenvalue weighted by Gasteiger charge is 2.66. The van der Waals surface area contributed by atoms with E-state index in [2.05, 4.69) is 46.3 Å². The lowest BCUT2D eigenvalue weighted by Gasteiger charge is -2.45. The topological polar surface area (TPSA) is 87.7 Å². The summed E-state index contributed by atoms with van der Waals surface area (Å²) in [7, 11) is 2.03. The zero-order chi connectivity index (χ0) is 29.5. The highest BCUT2D eigenvalue weighted by molar-refractivity contribution is 6.33. The molecule has 6 rings (SSSR count). The van der Waals surface area contributed by atoms with Crippen molar-refractivity contribution in [3.8, 4) is 6.07 Å². The van der Waals surface area contributed by atoms with Crippen LogP contribution in [0.4, 0.5) is 5.69 Å². The number of carbonyl (C=O) groups excluding carboxylic acids is 1. The molecule has 0 saturated heterocycles. The fourth-order valence-electron chi connectivity index (χ4n) is 7.83. The van der Waals surface area contributed by atoms with Gasteiger partial charge in [-0.2, -0.15) is 5.26 Å². The zero-order valence-electron chi connectivity index (χ0n) is 24.4. The van der Waals surface area contributed by atoms with Crippen LogP contribution in [0, 0.1) is 39.9 Å². The molecule has 2 saturated carbocycles. The summed E-state index contributed by atoms with van der Waals surface area (Å²) in [6.07, 6.45) is 7.30. The summed E-state index contributed by atoms with van der Waals surface area (Å²) in [5.74, 6) is 0.287. The Morgan fingerprint density at radius 3 is 2.66 bits per heavy atom. The molecule has 0 amide bonds. The summed E-state index contributed by atoms with van der Waals surface area (Å²) in [5, 5.41) is 11.9. The standard InChI is InChI=1S/C31H31ClN6O.C2H6/c1-19-13-31(11-12-38-18-36-27-28(32)34-17-35-29(27)38)16-30(19,3)24(15-39)26(31)20(2)37(4)25-10-9-21(14-33)22-7-5-6-8-23(22)25;1-2/h5-10,15,17-19,24,26H,2,11-13,16H2,1,3-4H3;1-2H3/t19-,24+,26-,30-,31-;/m0./s1. The van der Waals surface area contributed by atoms with Gasteiger partial charge in [-0.25, -0.2) is 15.0 Å². The second-order valence-corrected chi connectivity index (χ2v) is 12.0. The predicted octanol–water partition coefficient (Wildman–Crippen LogP) is 7.44. The van der Waals surface area contributed by atoms with Crippen molar-refractivity contribution in [2.75, 3.05) is 11.9 Å². The van der Waals surface area contributed by atoms with E-state index in [9.17, 15) is 10.1 Å². The first-order valence-corrected chi connectivity index (χ1v) is 14.7. The van der Waals surface area contributed by atoms with Crippen molar-refractivity contribution in [2.24, 2.45) is 28.6 Å². The first kappa shape index (κ1) is 28.8. The molecule has 41 heavy (non-hydrogen) atoms. The summed E-state index contributed by atoms with van der Waals surface area (Å²) in [4.78, 5) is 27.8. The van der Waals surface area contributed by atoms with Crippen LogP contribution in [0.3, 0.4) is 0 Å². The molecule has 0 N–H and O–H groups in total.